The van der Waals surface area contributed by atoms with E-state index in [0.717, 1.165) is 22.0 Å². The van der Waals surface area contributed by atoms with Crippen LogP contribution in [0.2, 0.25) is 0 Å². The van der Waals surface area contributed by atoms with E-state index in [1.165, 1.54) is 0 Å². The number of aromatic nitrogens is 1. The number of benzene rings is 2. The Morgan fingerprint density at radius 2 is 1.76 bits per heavy atom. The second-order valence-corrected chi connectivity index (χ2v) is 4.66. The smallest absolute Gasteiger partial charge is 0.356 e. The monoisotopic (exact) mass is 277 g/mol. The maximum atomic E-state index is 12.0. The lowest BCUT2D eigenvalue weighted by Crippen LogP contribution is -2.07. The number of fused-ring (bicyclic) bond motifs is 1. The second kappa shape index (κ2) is 5.75. The van der Waals surface area contributed by atoms with Crippen LogP contribution in [-0.4, -0.2) is 17.6 Å². The van der Waals surface area contributed by atoms with E-state index in [-0.39, 0.29) is 5.97 Å². The molecule has 1 aromatic heterocycles. The number of esters is 1. The van der Waals surface area contributed by atoms with Crippen LogP contribution < -0.4 is 0 Å². The minimum absolute atomic E-state index is 0.341. The molecule has 0 fully saturated rings. The van der Waals surface area contributed by atoms with Crippen LogP contribution in [-0.2, 0) is 4.74 Å². The van der Waals surface area contributed by atoms with Crippen LogP contribution in [0, 0.1) is 0 Å². The molecule has 0 spiro atoms. The summed E-state index contributed by atoms with van der Waals surface area (Å²) in [5, 5.41) is 2.01. The maximum Gasteiger partial charge on any atom is 0.356 e. The highest BCUT2D eigenvalue weighted by Crippen LogP contribution is 2.27. The Morgan fingerprint density at radius 1 is 1.05 bits per heavy atom. The van der Waals surface area contributed by atoms with Crippen molar-refractivity contribution < 1.29 is 9.53 Å². The number of carbonyl (C=O) groups excluding carboxylic acids is 1. The zero-order valence-electron chi connectivity index (χ0n) is 11.7. The Hall–Kier alpha value is -2.68. The molecule has 0 bridgehead atoms. The third kappa shape index (κ3) is 2.63. The number of pyridine rings is 1. The Labute approximate surface area is 123 Å². The molecule has 0 amide bonds. The van der Waals surface area contributed by atoms with Crippen LogP contribution in [0.4, 0.5) is 0 Å². The van der Waals surface area contributed by atoms with Gasteiger partial charge in [0, 0.05) is 10.9 Å². The molecule has 0 saturated heterocycles. The largest absolute Gasteiger partial charge is 0.461 e. The van der Waals surface area contributed by atoms with Crippen LogP contribution in [0.3, 0.4) is 0 Å². The average molecular weight is 277 g/mol. The number of hydrogen-bond acceptors (Lipinski definition) is 3. The van der Waals surface area contributed by atoms with Crippen molar-refractivity contribution in [1.29, 1.82) is 0 Å². The number of carbonyl (C=O) groups is 1. The molecule has 0 aliphatic heterocycles. The summed E-state index contributed by atoms with van der Waals surface area (Å²) in [7, 11) is 0. The van der Waals surface area contributed by atoms with Crippen molar-refractivity contribution in [3.8, 4) is 11.3 Å². The van der Waals surface area contributed by atoms with Crippen LogP contribution in [0.5, 0.6) is 0 Å². The van der Waals surface area contributed by atoms with E-state index < -0.39 is 0 Å². The van der Waals surface area contributed by atoms with Gasteiger partial charge in [-0.3, -0.25) is 0 Å². The molecule has 3 nitrogen and oxygen atoms in total. The van der Waals surface area contributed by atoms with Gasteiger partial charge in [-0.15, -0.1) is 0 Å². The van der Waals surface area contributed by atoms with Crippen molar-refractivity contribution in [3.05, 3.63) is 66.4 Å². The van der Waals surface area contributed by atoms with Crippen molar-refractivity contribution in [3.63, 3.8) is 0 Å². The molecule has 0 radical (unpaired) electrons. The van der Waals surface area contributed by atoms with Gasteiger partial charge in [0.25, 0.3) is 0 Å². The summed E-state index contributed by atoms with van der Waals surface area (Å²) in [5.41, 5.74) is 2.13. The van der Waals surface area contributed by atoms with Gasteiger partial charge in [-0.25, -0.2) is 9.78 Å². The lowest BCUT2D eigenvalue weighted by atomic mass is 10.0. The molecule has 0 saturated carbocycles. The van der Waals surface area contributed by atoms with Gasteiger partial charge in [0.05, 0.1) is 12.3 Å². The number of nitrogens with zero attached hydrogens (tertiary/aromatic N) is 1. The summed E-state index contributed by atoms with van der Waals surface area (Å²) in [5.74, 6) is -0.388. The van der Waals surface area contributed by atoms with Crippen molar-refractivity contribution >= 4 is 16.7 Å². The minimum atomic E-state index is -0.388. The van der Waals surface area contributed by atoms with E-state index in [0.29, 0.717) is 12.3 Å². The van der Waals surface area contributed by atoms with Crippen LogP contribution in [0.15, 0.2) is 60.7 Å². The molecular formula is C18H15NO2. The predicted octanol–water partition coefficient (Wildman–Crippen LogP) is 4.08. The van der Waals surface area contributed by atoms with Gasteiger partial charge in [-0.05, 0) is 18.4 Å². The maximum absolute atomic E-state index is 12.0. The molecule has 0 aliphatic rings. The number of hydrogen-bond donors (Lipinski definition) is 0. The zero-order valence-corrected chi connectivity index (χ0v) is 11.7. The van der Waals surface area contributed by atoms with Gasteiger partial charge in [-0.2, -0.15) is 0 Å². The first-order chi connectivity index (χ1) is 10.3. The summed E-state index contributed by atoms with van der Waals surface area (Å²) in [6, 6.07) is 19.6. The minimum Gasteiger partial charge on any atom is -0.461 e. The Kier molecular flexibility index (Phi) is 3.65. The highest BCUT2D eigenvalue weighted by atomic mass is 16.5. The lowest BCUT2D eigenvalue weighted by Gasteiger charge is -2.09. The van der Waals surface area contributed by atoms with E-state index in [2.05, 4.69) is 4.98 Å². The first-order valence-electron chi connectivity index (χ1n) is 6.92. The number of rotatable bonds is 3. The SMILES string of the molecule is CCOC(=O)c1cc2ccccc2c(-c2ccccc2)n1. The van der Waals surface area contributed by atoms with E-state index >= 15 is 0 Å². The highest BCUT2D eigenvalue weighted by molar-refractivity contribution is 5.99. The lowest BCUT2D eigenvalue weighted by molar-refractivity contribution is 0.0520. The molecular weight excluding hydrogens is 262 g/mol. The van der Waals surface area contributed by atoms with Crippen LogP contribution in [0.25, 0.3) is 22.0 Å². The summed E-state index contributed by atoms with van der Waals surface area (Å²) in [4.78, 5) is 16.5. The Bertz CT molecular complexity index is 782. The Morgan fingerprint density at radius 3 is 2.52 bits per heavy atom. The topological polar surface area (TPSA) is 39.2 Å². The van der Waals surface area contributed by atoms with Gasteiger partial charge < -0.3 is 4.74 Å². The van der Waals surface area contributed by atoms with Crippen molar-refractivity contribution in [2.24, 2.45) is 0 Å². The van der Waals surface area contributed by atoms with Gasteiger partial charge in [0.15, 0.2) is 0 Å². The molecule has 1 heterocycles. The first-order valence-corrected chi connectivity index (χ1v) is 6.92. The van der Waals surface area contributed by atoms with E-state index in [4.69, 9.17) is 4.74 Å². The summed E-state index contributed by atoms with van der Waals surface area (Å²) in [6.45, 7) is 2.13. The quantitative estimate of drug-likeness (QED) is 0.677. The van der Waals surface area contributed by atoms with Crippen molar-refractivity contribution in [2.45, 2.75) is 6.92 Å². The normalized spacial score (nSPS) is 10.5. The highest BCUT2D eigenvalue weighted by Gasteiger charge is 2.13. The van der Waals surface area contributed by atoms with Crippen molar-refractivity contribution in [2.75, 3.05) is 6.61 Å². The third-order valence-corrected chi connectivity index (χ3v) is 3.27. The molecule has 104 valence electrons. The van der Waals surface area contributed by atoms with E-state index in [1.54, 1.807) is 13.0 Å². The van der Waals surface area contributed by atoms with Gasteiger partial charge >= 0.3 is 5.97 Å². The molecule has 0 unspecified atom stereocenters. The van der Waals surface area contributed by atoms with Gasteiger partial charge in [0.1, 0.15) is 5.69 Å². The first kappa shape index (κ1) is 13.3. The fourth-order valence-electron chi connectivity index (χ4n) is 2.32. The summed E-state index contributed by atoms with van der Waals surface area (Å²) < 4.78 is 5.07. The summed E-state index contributed by atoms with van der Waals surface area (Å²) >= 11 is 0. The van der Waals surface area contributed by atoms with Crippen molar-refractivity contribution in [1.82, 2.24) is 4.98 Å². The van der Waals surface area contributed by atoms with Gasteiger partial charge in [0.2, 0.25) is 0 Å². The van der Waals surface area contributed by atoms with Gasteiger partial charge in [-0.1, -0.05) is 54.6 Å². The molecule has 3 heteroatoms. The van der Waals surface area contributed by atoms with E-state index in [9.17, 15) is 4.79 Å². The molecule has 21 heavy (non-hydrogen) atoms. The second-order valence-electron chi connectivity index (χ2n) is 4.66. The molecule has 2 aromatic carbocycles. The van der Waals surface area contributed by atoms with Crippen LogP contribution in [0.1, 0.15) is 17.4 Å². The number of ether oxygens (including phenoxy) is 1. The molecule has 3 aromatic rings. The Balaban J connectivity index is 2.23. The molecule has 0 atom stereocenters. The fourth-order valence-corrected chi connectivity index (χ4v) is 2.32. The molecule has 0 aliphatic carbocycles. The van der Waals surface area contributed by atoms with Crippen LogP contribution >= 0.6 is 0 Å². The summed E-state index contributed by atoms with van der Waals surface area (Å²) in [6.07, 6.45) is 0. The zero-order chi connectivity index (χ0) is 14.7. The fraction of sp³-hybridized carbons (Fsp3) is 0.111. The average Bonchev–Trinajstić information content (AvgIpc) is 2.55. The predicted molar refractivity (Wildman–Crippen MR) is 83.1 cm³/mol. The molecule has 0 N–H and O–H groups in total. The third-order valence-electron chi connectivity index (χ3n) is 3.27. The molecule has 3 rings (SSSR count). The standard InChI is InChI=1S/C18H15NO2/c1-2-21-18(20)16-12-14-10-6-7-11-15(14)17(19-16)13-8-4-3-5-9-13/h3-12H,2H2,1H3. The van der Waals surface area contributed by atoms with E-state index in [1.807, 2.05) is 54.6 Å².